The maximum absolute atomic E-state index is 5.83. The molecule has 1 saturated heterocycles. The fraction of sp³-hybridized carbons (Fsp3) is 0.278. The quantitative estimate of drug-likeness (QED) is 0.738. The molecule has 3 aromatic heterocycles. The van der Waals surface area contributed by atoms with Gasteiger partial charge in [-0.3, -0.25) is 4.98 Å². The smallest absolute Gasteiger partial charge is 0.163 e. The lowest BCUT2D eigenvalue weighted by molar-refractivity contribution is 0.0255. The van der Waals surface area contributed by atoms with Gasteiger partial charge in [0.2, 0.25) is 0 Å². The molecule has 4 heterocycles. The van der Waals surface area contributed by atoms with E-state index in [-0.39, 0.29) is 6.10 Å². The van der Waals surface area contributed by atoms with E-state index in [4.69, 9.17) is 14.1 Å². The second-order valence-corrected chi connectivity index (χ2v) is 5.75. The van der Waals surface area contributed by atoms with Gasteiger partial charge in [-0.1, -0.05) is 0 Å². The van der Waals surface area contributed by atoms with Gasteiger partial charge < -0.3 is 14.1 Å². The highest BCUT2D eigenvalue weighted by atomic mass is 16.5. The lowest BCUT2D eigenvalue weighted by atomic mass is 10.2. The van der Waals surface area contributed by atoms with Gasteiger partial charge in [0.25, 0.3) is 0 Å². The molecule has 1 unspecified atom stereocenters. The van der Waals surface area contributed by atoms with Crippen LogP contribution in [0.15, 0.2) is 53.4 Å². The Labute approximate surface area is 140 Å². The van der Waals surface area contributed by atoms with Crippen LogP contribution in [0.2, 0.25) is 0 Å². The average Bonchev–Trinajstić information content (AvgIpc) is 3.17. The molecule has 1 aliphatic heterocycles. The molecule has 0 bridgehead atoms. The van der Waals surface area contributed by atoms with Gasteiger partial charge in [0, 0.05) is 36.3 Å². The van der Waals surface area contributed by atoms with Crippen LogP contribution in [-0.4, -0.2) is 34.6 Å². The summed E-state index contributed by atoms with van der Waals surface area (Å²) in [7, 11) is 0. The Hall–Kier alpha value is -2.73. The minimum Gasteiger partial charge on any atom is -0.467 e. The highest BCUT2D eigenvalue weighted by Gasteiger charge is 2.25. The van der Waals surface area contributed by atoms with Gasteiger partial charge in [0.1, 0.15) is 17.7 Å². The summed E-state index contributed by atoms with van der Waals surface area (Å²) < 4.78 is 11.3. The lowest BCUT2D eigenvalue weighted by Gasteiger charge is -2.33. The van der Waals surface area contributed by atoms with Crippen molar-refractivity contribution in [3.63, 3.8) is 0 Å². The monoisotopic (exact) mass is 322 g/mol. The standard InChI is InChI=1S/C18H18N4O2/c1-13-10-17(21-18(20-13)14-4-2-6-19-11-14)22-7-9-24-16(12-22)15-5-3-8-23-15/h2-6,8,10-11,16H,7,9,12H2,1H3. The van der Waals surface area contributed by atoms with Gasteiger partial charge in [0.15, 0.2) is 5.82 Å². The minimum absolute atomic E-state index is 0.0779. The van der Waals surface area contributed by atoms with Crippen molar-refractivity contribution in [2.45, 2.75) is 13.0 Å². The molecule has 0 N–H and O–H groups in total. The molecule has 1 fully saturated rings. The zero-order chi connectivity index (χ0) is 16.4. The molecule has 0 radical (unpaired) electrons. The summed E-state index contributed by atoms with van der Waals surface area (Å²) in [6.07, 6.45) is 5.12. The number of ether oxygens (including phenoxy) is 1. The second kappa shape index (κ2) is 6.41. The van der Waals surface area contributed by atoms with Gasteiger partial charge in [-0.25, -0.2) is 9.97 Å². The summed E-state index contributed by atoms with van der Waals surface area (Å²) in [5.74, 6) is 2.44. The number of anilines is 1. The van der Waals surface area contributed by atoms with Crippen molar-refractivity contribution >= 4 is 5.82 Å². The zero-order valence-electron chi connectivity index (χ0n) is 13.4. The number of pyridine rings is 1. The van der Waals surface area contributed by atoms with E-state index < -0.39 is 0 Å². The third-order valence-corrected chi connectivity index (χ3v) is 4.01. The van der Waals surface area contributed by atoms with Crippen molar-refractivity contribution in [1.29, 1.82) is 0 Å². The highest BCUT2D eigenvalue weighted by molar-refractivity contribution is 5.56. The molecule has 1 aliphatic rings. The predicted molar refractivity (Wildman–Crippen MR) is 89.6 cm³/mol. The Kier molecular flexibility index (Phi) is 3.96. The van der Waals surface area contributed by atoms with E-state index in [2.05, 4.69) is 14.9 Å². The Balaban J connectivity index is 1.63. The van der Waals surface area contributed by atoms with Crippen LogP contribution in [0, 0.1) is 6.92 Å². The summed E-state index contributed by atoms with van der Waals surface area (Å²) in [6, 6.07) is 9.69. The first kappa shape index (κ1) is 14.8. The summed E-state index contributed by atoms with van der Waals surface area (Å²) in [6.45, 7) is 4.11. The molecule has 4 rings (SSSR count). The molecule has 1 atom stereocenters. The van der Waals surface area contributed by atoms with Crippen LogP contribution >= 0.6 is 0 Å². The topological polar surface area (TPSA) is 64.3 Å². The van der Waals surface area contributed by atoms with E-state index in [1.54, 1.807) is 18.7 Å². The predicted octanol–water partition coefficient (Wildman–Crippen LogP) is 3.02. The normalized spacial score (nSPS) is 17.9. The third-order valence-electron chi connectivity index (χ3n) is 4.01. The molecule has 6 heteroatoms. The lowest BCUT2D eigenvalue weighted by Crippen LogP contribution is -2.38. The van der Waals surface area contributed by atoms with E-state index >= 15 is 0 Å². The highest BCUT2D eigenvalue weighted by Crippen LogP contribution is 2.27. The van der Waals surface area contributed by atoms with Gasteiger partial charge in [0.05, 0.1) is 19.4 Å². The molecule has 3 aromatic rings. The van der Waals surface area contributed by atoms with E-state index in [1.807, 2.05) is 37.3 Å². The number of hydrogen-bond acceptors (Lipinski definition) is 6. The summed E-state index contributed by atoms with van der Waals surface area (Å²) in [4.78, 5) is 15.6. The van der Waals surface area contributed by atoms with Crippen molar-refractivity contribution in [2.24, 2.45) is 0 Å². The number of aromatic nitrogens is 3. The maximum Gasteiger partial charge on any atom is 0.163 e. The molecule has 0 spiro atoms. The number of furan rings is 1. The van der Waals surface area contributed by atoms with Gasteiger partial charge in [-0.15, -0.1) is 0 Å². The fourth-order valence-electron chi connectivity index (χ4n) is 2.84. The van der Waals surface area contributed by atoms with Gasteiger partial charge in [-0.05, 0) is 31.2 Å². The van der Waals surface area contributed by atoms with Gasteiger partial charge >= 0.3 is 0 Å². The number of hydrogen-bond donors (Lipinski definition) is 0. The molecular formula is C18H18N4O2. The van der Waals surface area contributed by atoms with Crippen molar-refractivity contribution in [2.75, 3.05) is 24.6 Å². The van der Waals surface area contributed by atoms with Crippen LogP contribution in [0.5, 0.6) is 0 Å². The Morgan fingerprint density at radius 3 is 2.96 bits per heavy atom. The van der Waals surface area contributed by atoms with Crippen LogP contribution in [0.3, 0.4) is 0 Å². The van der Waals surface area contributed by atoms with Crippen molar-refractivity contribution < 1.29 is 9.15 Å². The first-order valence-electron chi connectivity index (χ1n) is 7.95. The number of morpholine rings is 1. The summed E-state index contributed by atoms with van der Waals surface area (Å²) in [5.41, 5.74) is 1.85. The van der Waals surface area contributed by atoms with Crippen molar-refractivity contribution in [3.8, 4) is 11.4 Å². The number of rotatable bonds is 3. The van der Waals surface area contributed by atoms with Gasteiger partial charge in [-0.2, -0.15) is 0 Å². The van der Waals surface area contributed by atoms with Crippen LogP contribution in [-0.2, 0) is 4.74 Å². The fourth-order valence-corrected chi connectivity index (χ4v) is 2.84. The molecule has 0 aromatic carbocycles. The third kappa shape index (κ3) is 3.00. The summed E-state index contributed by atoms with van der Waals surface area (Å²) >= 11 is 0. The molecular weight excluding hydrogens is 304 g/mol. The molecule has 0 saturated carbocycles. The Morgan fingerprint density at radius 1 is 1.21 bits per heavy atom. The Bertz CT molecular complexity index is 805. The van der Waals surface area contributed by atoms with E-state index in [0.717, 1.165) is 29.4 Å². The molecule has 6 nitrogen and oxygen atoms in total. The van der Waals surface area contributed by atoms with E-state index in [1.165, 1.54) is 0 Å². The molecule has 122 valence electrons. The van der Waals surface area contributed by atoms with E-state index in [9.17, 15) is 0 Å². The van der Waals surface area contributed by atoms with Crippen LogP contribution < -0.4 is 4.90 Å². The molecule has 0 amide bonds. The zero-order valence-corrected chi connectivity index (χ0v) is 13.4. The number of aryl methyl sites for hydroxylation is 1. The SMILES string of the molecule is Cc1cc(N2CCOC(c3ccco3)C2)nc(-c2cccnc2)n1. The van der Waals surface area contributed by atoms with E-state index in [0.29, 0.717) is 19.0 Å². The minimum atomic E-state index is -0.0779. The van der Waals surface area contributed by atoms with Crippen molar-refractivity contribution in [3.05, 3.63) is 60.4 Å². The van der Waals surface area contributed by atoms with Crippen LogP contribution in [0.1, 0.15) is 17.6 Å². The number of nitrogens with zero attached hydrogens (tertiary/aromatic N) is 4. The Morgan fingerprint density at radius 2 is 2.17 bits per heavy atom. The van der Waals surface area contributed by atoms with Crippen LogP contribution in [0.4, 0.5) is 5.82 Å². The average molecular weight is 322 g/mol. The molecule has 0 aliphatic carbocycles. The van der Waals surface area contributed by atoms with Crippen LogP contribution in [0.25, 0.3) is 11.4 Å². The summed E-state index contributed by atoms with van der Waals surface area (Å²) in [5, 5.41) is 0. The maximum atomic E-state index is 5.83. The first-order valence-corrected chi connectivity index (χ1v) is 7.95. The molecule has 24 heavy (non-hydrogen) atoms. The largest absolute Gasteiger partial charge is 0.467 e. The second-order valence-electron chi connectivity index (χ2n) is 5.75. The first-order chi connectivity index (χ1) is 11.8. The van der Waals surface area contributed by atoms with Crippen molar-refractivity contribution in [1.82, 2.24) is 15.0 Å².